The fraction of sp³-hybridized carbons (Fsp3) is 0.385. The predicted octanol–water partition coefficient (Wildman–Crippen LogP) is 1.81. The molecule has 1 amide bonds. The molecule has 7 heteroatoms. The average Bonchev–Trinajstić information content (AvgIpc) is 3.10. The number of carbonyl (C=O) groups is 1. The summed E-state index contributed by atoms with van der Waals surface area (Å²) in [4.78, 5) is 13.1. The highest BCUT2D eigenvalue weighted by atomic mass is 32.1. The van der Waals surface area contributed by atoms with Crippen LogP contribution in [-0.2, 0) is 6.54 Å². The number of aromatic nitrogens is 3. The normalized spacial score (nSPS) is 11.8. The van der Waals surface area contributed by atoms with E-state index in [1.165, 1.54) is 0 Å². The van der Waals surface area contributed by atoms with Crippen LogP contribution in [0.25, 0.3) is 0 Å². The first-order chi connectivity index (χ1) is 9.72. The molecule has 20 heavy (non-hydrogen) atoms. The number of nitrogens with zero attached hydrogens (tertiary/aromatic N) is 4. The Morgan fingerprint density at radius 3 is 3.15 bits per heavy atom. The van der Waals surface area contributed by atoms with E-state index in [-0.39, 0.29) is 11.6 Å². The Kier molecular flexibility index (Phi) is 4.85. The number of rotatable bonds is 6. The van der Waals surface area contributed by atoms with Gasteiger partial charge in [0.1, 0.15) is 6.04 Å². The summed E-state index contributed by atoms with van der Waals surface area (Å²) in [6.45, 7) is 2.56. The molecule has 0 radical (unpaired) electrons. The Bertz CT molecular complexity index is 599. The van der Waals surface area contributed by atoms with Crippen molar-refractivity contribution in [2.45, 2.75) is 32.4 Å². The lowest BCUT2D eigenvalue weighted by molar-refractivity contribution is 0.0939. The van der Waals surface area contributed by atoms with Crippen molar-refractivity contribution in [3.8, 4) is 6.07 Å². The fourth-order valence-corrected chi connectivity index (χ4v) is 2.43. The van der Waals surface area contributed by atoms with Gasteiger partial charge in [0.25, 0.3) is 5.91 Å². The van der Waals surface area contributed by atoms with Gasteiger partial charge in [0.15, 0.2) is 5.69 Å². The first-order valence-corrected chi connectivity index (χ1v) is 7.24. The van der Waals surface area contributed by atoms with Crippen LogP contribution in [0, 0.1) is 11.3 Å². The molecule has 0 saturated heterocycles. The molecule has 0 aliphatic heterocycles. The van der Waals surface area contributed by atoms with E-state index in [2.05, 4.69) is 21.7 Å². The summed E-state index contributed by atoms with van der Waals surface area (Å²) in [5, 5.41) is 21.3. The first-order valence-electron chi connectivity index (χ1n) is 6.36. The molecule has 0 aromatic carbocycles. The molecule has 0 unspecified atom stereocenters. The quantitative estimate of drug-likeness (QED) is 0.879. The van der Waals surface area contributed by atoms with Gasteiger partial charge in [-0.15, -0.1) is 16.4 Å². The summed E-state index contributed by atoms with van der Waals surface area (Å²) in [7, 11) is 0. The molecular formula is C13H15N5OS. The van der Waals surface area contributed by atoms with Gasteiger partial charge in [0, 0.05) is 4.88 Å². The van der Waals surface area contributed by atoms with Gasteiger partial charge in [0.05, 0.1) is 18.8 Å². The lowest BCUT2D eigenvalue weighted by Crippen LogP contribution is -2.33. The zero-order valence-electron chi connectivity index (χ0n) is 11.1. The zero-order chi connectivity index (χ0) is 14.4. The number of carbonyl (C=O) groups excluding carboxylic acids is 1. The lowest BCUT2D eigenvalue weighted by atomic mass is 10.2. The second-order valence-electron chi connectivity index (χ2n) is 4.32. The van der Waals surface area contributed by atoms with Crippen molar-refractivity contribution < 1.29 is 4.79 Å². The molecule has 0 aliphatic carbocycles. The Hall–Kier alpha value is -2.20. The minimum absolute atomic E-state index is 0.234. The number of hydrogen-bond donors (Lipinski definition) is 1. The molecule has 0 bridgehead atoms. The zero-order valence-corrected chi connectivity index (χ0v) is 11.9. The third-order valence-electron chi connectivity index (χ3n) is 2.71. The molecule has 6 nitrogen and oxygen atoms in total. The highest BCUT2D eigenvalue weighted by Gasteiger charge is 2.15. The standard InChI is InChI=1S/C13H15N5OS/c1-2-4-10(7-14)15-13(19)12-9-18(17-16-12)8-11-5-3-6-20-11/h3,5-6,9-10H,2,4,8H2,1H3,(H,15,19)/t10-/m0/s1. The first kappa shape index (κ1) is 14.2. The van der Waals surface area contributed by atoms with Crippen LogP contribution in [0.5, 0.6) is 0 Å². The van der Waals surface area contributed by atoms with Crippen LogP contribution < -0.4 is 5.32 Å². The van der Waals surface area contributed by atoms with Crippen LogP contribution in [0.15, 0.2) is 23.7 Å². The molecule has 104 valence electrons. The van der Waals surface area contributed by atoms with Crippen molar-refractivity contribution in [1.82, 2.24) is 20.3 Å². The predicted molar refractivity (Wildman–Crippen MR) is 75.2 cm³/mol. The van der Waals surface area contributed by atoms with E-state index >= 15 is 0 Å². The molecule has 2 aromatic rings. The van der Waals surface area contributed by atoms with E-state index in [9.17, 15) is 4.79 Å². The van der Waals surface area contributed by atoms with Crippen LogP contribution in [0.1, 0.15) is 35.1 Å². The van der Waals surface area contributed by atoms with E-state index in [1.807, 2.05) is 24.4 Å². The maximum Gasteiger partial charge on any atom is 0.274 e. The number of amides is 1. The van der Waals surface area contributed by atoms with Crippen LogP contribution >= 0.6 is 11.3 Å². The molecule has 0 spiro atoms. The summed E-state index contributed by atoms with van der Waals surface area (Å²) in [5.41, 5.74) is 0.234. The lowest BCUT2D eigenvalue weighted by Gasteiger charge is -2.08. The fourth-order valence-electron chi connectivity index (χ4n) is 1.73. The van der Waals surface area contributed by atoms with E-state index in [1.54, 1.807) is 22.2 Å². The monoisotopic (exact) mass is 289 g/mol. The maximum absolute atomic E-state index is 11.9. The molecule has 2 heterocycles. The molecule has 2 aromatic heterocycles. The number of nitrogens with one attached hydrogen (secondary N) is 1. The molecular weight excluding hydrogens is 274 g/mol. The van der Waals surface area contributed by atoms with Crippen molar-refractivity contribution in [1.29, 1.82) is 5.26 Å². The molecule has 0 saturated carbocycles. The van der Waals surface area contributed by atoms with Crippen LogP contribution in [0.3, 0.4) is 0 Å². The summed E-state index contributed by atoms with van der Waals surface area (Å²) in [6, 6.07) is 5.55. The Morgan fingerprint density at radius 2 is 2.50 bits per heavy atom. The van der Waals surface area contributed by atoms with Crippen molar-refractivity contribution >= 4 is 17.2 Å². The second-order valence-corrected chi connectivity index (χ2v) is 5.36. The molecule has 0 aliphatic rings. The SMILES string of the molecule is CCC[C@@H](C#N)NC(=O)c1cn(Cc2cccs2)nn1. The molecule has 1 N–H and O–H groups in total. The summed E-state index contributed by atoms with van der Waals surface area (Å²) in [6.07, 6.45) is 3.06. The van der Waals surface area contributed by atoms with Gasteiger partial charge in [-0.3, -0.25) is 4.79 Å². The minimum Gasteiger partial charge on any atom is -0.335 e. The topological polar surface area (TPSA) is 83.6 Å². The van der Waals surface area contributed by atoms with Gasteiger partial charge in [-0.05, 0) is 17.9 Å². The average molecular weight is 289 g/mol. The van der Waals surface area contributed by atoms with Gasteiger partial charge in [-0.1, -0.05) is 24.6 Å². The molecule has 2 rings (SSSR count). The summed E-state index contributed by atoms with van der Waals surface area (Å²) in [5.74, 6) is -0.359. The van der Waals surface area contributed by atoms with Crippen LogP contribution in [-0.4, -0.2) is 26.9 Å². The number of hydrogen-bond acceptors (Lipinski definition) is 5. The van der Waals surface area contributed by atoms with Gasteiger partial charge < -0.3 is 5.32 Å². The third-order valence-corrected chi connectivity index (χ3v) is 3.57. The smallest absolute Gasteiger partial charge is 0.274 e. The van der Waals surface area contributed by atoms with Crippen LogP contribution in [0.2, 0.25) is 0 Å². The van der Waals surface area contributed by atoms with Crippen molar-refractivity contribution in [2.24, 2.45) is 0 Å². The van der Waals surface area contributed by atoms with Gasteiger partial charge in [0.2, 0.25) is 0 Å². The molecule has 0 fully saturated rings. The summed E-state index contributed by atoms with van der Waals surface area (Å²) < 4.78 is 1.61. The van der Waals surface area contributed by atoms with E-state index in [4.69, 9.17) is 5.26 Å². The third kappa shape index (κ3) is 3.65. The van der Waals surface area contributed by atoms with Gasteiger partial charge in [-0.2, -0.15) is 5.26 Å². The van der Waals surface area contributed by atoms with E-state index < -0.39 is 6.04 Å². The number of thiophene rings is 1. The van der Waals surface area contributed by atoms with Gasteiger partial charge in [-0.25, -0.2) is 4.68 Å². The Labute approximate surface area is 121 Å². The minimum atomic E-state index is -0.477. The van der Waals surface area contributed by atoms with Crippen molar-refractivity contribution in [3.63, 3.8) is 0 Å². The maximum atomic E-state index is 11.9. The summed E-state index contributed by atoms with van der Waals surface area (Å²) >= 11 is 1.62. The van der Waals surface area contributed by atoms with Crippen molar-refractivity contribution in [3.05, 3.63) is 34.3 Å². The highest BCUT2D eigenvalue weighted by molar-refractivity contribution is 7.09. The van der Waals surface area contributed by atoms with E-state index in [0.29, 0.717) is 13.0 Å². The van der Waals surface area contributed by atoms with Gasteiger partial charge >= 0.3 is 0 Å². The van der Waals surface area contributed by atoms with Crippen LogP contribution in [0.4, 0.5) is 0 Å². The largest absolute Gasteiger partial charge is 0.335 e. The Balaban J connectivity index is 1.97. The number of nitriles is 1. The second kappa shape index (κ2) is 6.82. The van der Waals surface area contributed by atoms with E-state index in [0.717, 1.165) is 11.3 Å². The van der Waals surface area contributed by atoms with Crippen molar-refractivity contribution in [2.75, 3.05) is 0 Å². The highest BCUT2D eigenvalue weighted by Crippen LogP contribution is 2.10. The Morgan fingerprint density at radius 1 is 1.65 bits per heavy atom. The molecule has 1 atom stereocenters.